The first-order valence-corrected chi connectivity index (χ1v) is 21.3. The number of carbonyl (C=O) groups is 1. The molecule has 6 heterocycles. The van der Waals surface area contributed by atoms with E-state index >= 15 is 8.78 Å². The lowest BCUT2D eigenvalue weighted by molar-refractivity contribution is -0.0652. The second-order valence-electron chi connectivity index (χ2n) is 12.7. The van der Waals surface area contributed by atoms with E-state index in [4.69, 9.17) is 42.8 Å². The molecule has 0 radical (unpaired) electrons. The van der Waals surface area contributed by atoms with Crippen LogP contribution in [0.15, 0.2) is 58.8 Å². The Morgan fingerprint density at radius 1 is 1.00 bits per heavy atom. The van der Waals surface area contributed by atoms with E-state index in [1.165, 1.54) is 35.2 Å². The Balaban J connectivity index is 1.20. The van der Waals surface area contributed by atoms with Crippen LogP contribution in [0.4, 0.5) is 19.4 Å². The van der Waals surface area contributed by atoms with Crippen LogP contribution in [0.5, 0.6) is 5.75 Å². The Kier molecular flexibility index (Phi) is 11.5. The molecule has 56 heavy (non-hydrogen) atoms. The molecule has 1 aromatic carbocycles. The summed E-state index contributed by atoms with van der Waals surface area (Å²) < 4.78 is 106. The highest BCUT2D eigenvalue weighted by Gasteiger charge is 2.55. The van der Waals surface area contributed by atoms with E-state index in [1.54, 1.807) is 13.8 Å². The molecule has 3 saturated heterocycles. The van der Waals surface area contributed by atoms with Crippen LogP contribution in [-0.2, 0) is 47.2 Å². The highest BCUT2D eigenvalue weighted by Crippen LogP contribution is 2.64. The first-order chi connectivity index (χ1) is 26.6. The number of rotatable bonds is 7. The third-order valence-corrected chi connectivity index (χ3v) is 13.1. The van der Waals surface area contributed by atoms with E-state index < -0.39 is 101 Å². The number of benzene rings is 1. The Hall–Kier alpha value is -4.09. The van der Waals surface area contributed by atoms with Crippen molar-refractivity contribution in [3.63, 3.8) is 0 Å². The SMILES string of the molecule is CC(C)OC(=O)Oc1ccc(CSP2(=O)OC[C@H]3O[C@@H](n4ccc(=O)[nH]c4=O)[C@H](OP(=O)(O)OCC4O[C@@H](n5cnc6c(N)ncnc65)[C@H](F)[C@@H]4O2)[C@@H]3F)cc1. The molecule has 0 amide bonds. The lowest BCUT2D eigenvalue weighted by Crippen LogP contribution is -2.37. The van der Waals surface area contributed by atoms with E-state index in [0.29, 0.717) is 21.5 Å². The lowest BCUT2D eigenvalue weighted by Gasteiger charge is -2.27. The standard InChI is InChI=1S/C30H33F2N7O14P2S/c1-14(2)48-30(42)49-16-5-3-15(4-6-16)11-56-55(45)47-9-17-20(31)24(28(50-17)38-8-7-19(40)37-29(38)41)52-54(43,44)46-10-18-23(53-55)21(32)27(51-18)39-13-36-22-25(33)34-12-35-26(22)39/h3-8,12-14,17-18,20-21,23-24,27-28H,9-11H2,1-2H3,(H,43,44)(H2,33,34,35)(H,37,40,41)/t17-,18?,20-,21-,23-,24-,27-,28-,55?/m1/s1. The fourth-order valence-corrected chi connectivity index (χ4v) is 10.2. The Labute approximate surface area is 317 Å². The van der Waals surface area contributed by atoms with Crippen molar-refractivity contribution >= 4 is 49.1 Å². The predicted molar refractivity (Wildman–Crippen MR) is 188 cm³/mol. The van der Waals surface area contributed by atoms with Gasteiger partial charge in [-0.3, -0.25) is 37.0 Å². The summed E-state index contributed by atoms with van der Waals surface area (Å²) in [5.41, 5.74) is 4.70. The van der Waals surface area contributed by atoms with Crippen molar-refractivity contribution in [2.45, 2.75) is 74.9 Å². The van der Waals surface area contributed by atoms with Gasteiger partial charge in [-0.25, -0.2) is 42.5 Å². The number of fused-ring (bicyclic) bond motifs is 4. The maximum Gasteiger partial charge on any atom is 0.514 e. The molecule has 3 unspecified atom stereocenters. The third-order valence-electron chi connectivity index (χ3n) is 8.47. The average molecular weight is 848 g/mol. The normalized spacial score (nSPS) is 32.3. The molecular weight excluding hydrogens is 814 g/mol. The Bertz CT molecular complexity index is 2300. The predicted octanol–water partition coefficient (Wildman–Crippen LogP) is 3.31. The zero-order chi connectivity index (χ0) is 39.9. The van der Waals surface area contributed by atoms with Crippen LogP contribution in [-0.4, -0.2) is 96.2 Å². The van der Waals surface area contributed by atoms with Gasteiger partial charge in [-0.2, -0.15) is 0 Å². The number of nitrogens with one attached hydrogen (secondary N) is 1. The van der Waals surface area contributed by atoms with Crippen molar-refractivity contribution in [2.75, 3.05) is 18.9 Å². The maximum absolute atomic E-state index is 16.6. The molecule has 0 spiro atoms. The summed E-state index contributed by atoms with van der Waals surface area (Å²) in [7, 11) is -5.29. The van der Waals surface area contributed by atoms with E-state index in [9.17, 15) is 28.4 Å². The summed E-state index contributed by atoms with van der Waals surface area (Å²) >= 11 is 0.570. The number of hydrogen-bond donors (Lipinski definition) is 3. The summed E-state index contributed by atoms with van der Waals surface area (Å²) in [6.07, 6.45) is -13.2. The van der Waals surface area contributed by atoms with Crippen LogP contribution < -0.4 is 21.7 Å². The van der Waals surface area contributed by atoms with Gasteiger partial charge in [0.25, 0.3) is 5.56 Å². The number of ether oxygens (including phenoxy) is 4. The summed E-state index contributed by atoms with van der Waals surface area (Å²) in [4.78, 5) is 61.1. The van der Waals surface area contributed by atoms with Gasteiger partial charge in [-0.1, -0.05) is 12.1 Å². The minimum absolute atomic E-state index is 0.0162. The number of aromatic amines is 1. The number of phosphoric acid groups is 1. The number of halogens is 2. The number of hydrogen-bond acceptors (Lipinski definition) is 18. The number of phosphoric ester groups is 1. The molecule has 302 valence electrons. The van der Waals surface area contributed by atoms with Crippen molar-refractivity contribution in [2.24, 2.45) is 0 Å². The highest BCUT2D eigenvalue weighted by atomic mass is 32.7. The number of aromatic nitrogens is 6. The van der Waals surface area contributed by atoms with Gasteiger partial charge in [0.1, 0.15) is 42.0 Å². The smallest absolute Gasteiger partial charge is 0.431 e. The number of carbonyl (C=O) groups excluding carboxylic acids is 1. The number of imidazole rings is 1. The van der Waals surface area contributed by atoms with Gasteiger partial charge in [0, 0.05) is 18.0 Å². The number of H-pyrrole nitrogens is 1. The quantitative estimate of drug-likeness (QED) is 0.137. The van der Waals surface area contributed by atoms with Crippen LogP contribution in [0.3, 0.4) is 0 Å². The summed E-state index contributed by atoms with van der Waals surface area (Å²) in [6.45, 7) is -3.15. The first-order valence-electron chi connectivity index (χ1n) is 16.6. The average Bonchev–Trinajstić information content (AvgIpc) is 3.79. The number of alkyl halides is 2. The fourth-order valence-electron chi connectivity index (χ4n) is 5.91. The zero-order valence-corrected chi connectivity index (χ0v) is 31.7. The van der Waals surface area contributed by atoms with Gasteiger partial charge in [0.15, 0.2) is 36.3 Å². The van der Waals surface area contributed by atoms with Gasteiger partial charge in [-0.15, -0.1) is 0 Å². The molecule has 0 aliphatic carbocycles. The minimum atomic E-state index is -5.29. The second kappa shape index (κ2) is 16.0. The number of nitrogens with zero attached hydrogens (tertiary/aromatic N) is 5. The number of nitrogens with two attached hydrogens (primary N) is 1. The van der Waals surface area contributed by atoms with Gasteiger partial charge in [0.05, 0.1) is 25.6 Å². The highest BCUT2D eigenvalue weighted by molar-refractivity contribution is 8.54. The van der Waals surface area contributed by atoms with Crippen molar-refractivity contribution in [1.82, 2.24) is 29.1 Å². The zero-order valence-electron chi connectivity index (χ0n) is 29.1. The third kappa shape index (κ3) is 8.59. The van der Waals surface area contributed by atoms with Crippen molar-refractivity contribution in [1.29, 1.82) is 0 Å². The molecule has 10 atom stereocenters. The molecule has 26 heteroatoms. The van der Waals surface area contributed by atoms with Crippen molar-refractivity contribution in [3.8, 4) is 5.75 Å². The molecule has 3 aromatic heterocycles. The molecule has 21 nitrogen and oxygen atoms in total. The van der Waals surface area contributed by atoms with Gasteiger partial charge in [0.2, 0.25) is 0 Å². The van der Waals surface area contributed by atoms with Crippen molar-refractivity contribution in [3.05, 3.63) is 75.6 Å². The maximum atomic E-state index is 16.6. The Morgan fingerprint density at radius 3 is 2.46 bits per heavy atom. The van der Waals surface area contributed by atoms with Crippen LogP contribution in [0, 0.1) is 0 Å². The molecule has 3 aliphatic heterocycles. The van der Waals surface area contributed by atoms with Gasteiger partial charge < -0.3 is 29.6 Å². The van der Waals surface area contributed by atoms with Gasteiger partial charge in [-0.05, 0) is 42.9 Å². The van der Waals surface area contributed by atoms with Gasteiger partial charge >= 0.3 is 26.5 Å². The van der Waals surface area contributed by atoms with E-state index in [1.807, 2.05) is 4.98 Å². The lowest BCUT2D eigenvalue weighted by atomic mass is 10.1. The number of nitrogen functional groups attached to an aromatic ring is 1. The van der Waals surface area contributed by atoms with Crippen LogP contribution >= 0.6 is 26.0 Å². The van der Waals surface area contributed by atoms with Crippen LogP contribution in [0.25, 0.3) is 11.2 Å². The molecule has 0 saturated carbocycles. The topological polar surface area (TPSA) is 270 Å². The molecule has 3 aliphatic rings. The van der Waals surface area contributed by atoms with Crippen LogP contribution in [0.1, 0.15) is 31.9 Å². The molecule has 3 fully saturated rings. The molecule has 4 aromatic rings. The Morgan fingerprint density at radius 2 is 1.73 bits per heavy atom. The molecule has 4 N–H and O–H groups in total. The molecule has 7 rings (SSSR count). The van der Waals surface area contributed by atoms with E-state index in [-0.39, 0.29) is 28.5 Å². The second-order valence-corrected chi connectivity index (χ2v) is 18.1. The fraction of sp³-hybridized carbons (Fsp3) is 0.467. The van der Waals surface area contributed by atoms with E-state index in [2.05, 4.69) is 15.0 Å². The minimum Gasteiger partial charge on any atom is -0.431 e. The number of anilines is 1. The molecular formula is C30H33F2N7O14P2S. The van der Waals surface area contributed by atoms with Crippen molar-refractivity contribution < 1.29 is 64.6 Å². The van der Waals surface area contributed by atoms with Crippen LogP contribution in [0.2, 0.25) is 0 Å². The van der Waals surface area contributed by atoms with E-state index in [0.717, 1.165) is 18.6 Å². The monoisotopic (exact) mass is 847 g/mol. The summed E-state index contributed by atoms with van der Waals surface area (Å²) in [6, 6.07) is 6.87. The molecule has 2 bridgehead atoms. The summed E-state index contributed by atoms with van der Waals surface area (Å²) in [5, 5.41) is 0. The first kappa shape index (κ1) is 40.1. The largest absolute Gasteiger partial charge is 0.514 e. The summed E-state index contributed by atoms with van der Waals surface area (Å²) in [5.74, 6) is 0.00382.